The standard InChI is InChI=1S/C11H20BrClN2Si2/c1-16(2,3)11(17(4,5)6)8-7-14-10(13)9(12)15-8/h7,11H,1-6H3. The highest BCUT2D eigenvalue weighted by atomic mass is 79.9. The van der Waals surface area contributed by atoms with Gasteiger partial charge in [0.25, 0.3) is 0 Å². The summed E-state index contributed by atoms with van der Waals surface area (Å²) in [5.74, 6) is 0. The maximum absolute atomic E-state index is 5.92. The molecule has 0 atom stereocenters. The fourth-order valence-corrected chi connectivity index (χ4v) is 15.5. The highest BCUT2D eigenvalue weighted by molar-refractivity contribution is 9.10. The Morgan fingerprint density at radius 1 is 1.12 bits per heavy atom. The van der Waals surface area contributed by atoms with Crippen LogP contribution in [0.15, 0.2) is 10.8 Å². The second-order valence-corrected chi connectivity index (χ2v) is 18.8. The largest absolute Gasteiger partial charge is 0.241 e. The van der Waals surface area contributed by atoms with Crippen molar-refractivity contribution in [1.82, 2.24) is 9.97 Å². The van der Waals surface area contributed by atoms with Crippen LogP contribution in [0.5, 0.6) is 0 Å². The van der Waals surface area contributed by atoms with Crippen LogP contribution in [0.2, 0.25) is 44.4 Å². The normalized spacial score (nSPS) is 13.2. The number of hydrogen-bond acceptors (Lipinski definition) is 2. The number of hydrogen-bond donors (Lipinski definition) is 0. The molecule has 0 unspecified atom stereocenters. The van der Waals surface area contributed by atoms with E-state index in [1.807, 2.05) is 6.20 Å². The fourth-order valence-electron chi connectivity index (χ4n) is 2.69. The summed E-state index contributed by atoms with van der Waals surface area (Å²) in [6.45, 7) is 14.4. The van der Waals surface area contributed by atoms with Crippen LogP contribution in [0.4, 0.5) is 0 Å². The van der Waals surface area contributed by atoms with Crippen molar-refractivity contribution >= 4 is 43.7 Å². The second kappa shape index (κ2) is 5.11. The molecule has 1 heterocycles. The Balaban J connectivity index is 3.29. The predicted molar refractivity (Wildman–Crippen MR) is 84.2 cm³/mol. The van der Waals surface area contributed by atoms with Gasteiger partial charge in [-0.15, -0.1) is 0 Å². The monoisotopic (exact) mass is 350 g/mol. The van der Waals surface area contributed by atoms with E-state index in [1.165, 1.54) is 0 Å². The Kier molecular flexibility index (Phi) is 4.61. The fraction of sp³-hybridized carbons (Fsp3) is 0.636. The molecule has 0 spiro atoms. The van der Waals surface area contributed by atoms with Crippen molar-refractivity contribution in [2.24, 2.45) is 0 Å². The summed E-state index contributed by atoms with van der Waals surface area (Å²) in [7, 11) is -2.62. The van der Waals surface area contributed by atoms with E-state index < -0.39 is 16.1 Å². The van der Waals surface area contributed by atoms with E-state index in [1.54, 1.807) is 0 Å². The van der Waals surface area contributed by atoms with Crippen molar-refractivity contribution in [2.45, 2.75) is 44.4 Å². The average molecular weight is 352 g/mol. The summed E-state index contributed by atoms with van der Waals surface area (Å²) < 4.78 is 0.665. The van der Waals surface area contributed by atoms with Crippen LogP contribution in [-0.2, 0) is 0 Å². The van der Waals surface area contributed by atoms with Crippen molar-refractivity contribution in [3.63, 3.8) is 0 Å². The van der Waals surface area contributed by atoms with Gasteiger partial charge in [0.1, 0.15) is 4.60 Å². The Morgan fingerprint density at radius 3 is 1.94 bits per heavy atom. The van der Waals surface area contributed by atoms with Gasteiger partial charge in [0.15, 0.2) is 5.15 Å². The van der Waals surface area contributed by atoms with Crippen molar-refractivity contribution < 1.29 is 0 Å². The molecule has 1 rings (SSSR count). The summed E-state index contributed by atoms with van der Waals surface area (Å²) in [5.41, 5.74) is 1.11. The van der Waals surface area contributed by atoms with Crippen LogP contribution >= 0.6 is 27.5 Å². The molecule has 6 heteroatoms. The molecule has 0 fully saturated rings. The molecule has 1 aromatic rings. The molecule has 0 bridgehead atoms. The minimum absolute atomic E-state index is 0.443. The van der Waals surface area contributed by atoms with E-state index in [4.69, 9.17) is 11.6 Å². The van der Waals surface area contributed by atoms with Gasteiger partial charge in [0.2, 0.25) is 0 Å². The number of nitrogens with zero attached hydrogens (tertiary/aromatic N) is 2. The zero-order valence-corrected chi connectivity index (χ0v) is 15.6. The molecule has 96 valence electrons. The van der Waals surface area contributed by atoms with Crippen LogP contribution in [-0.4, -0.2) is 26.1 Å². The second-order valence-electron chi connectivity index (χ2n) is 6.54. The van der Waals surface area contributed by atoms with Crippen LogP contribution in [0.25, 0.3) is 0 Å². The van der Waals surface area contributed by atoms with Crippen molar-refractivity contribution in [3.05, 3.63) is 21.6 Å². The van der Waals surface area contributed by atoms with E-state index >= 15 is 0 Å². The molecule has 2 nitrogen and oxygen atoms in total. The van der Waals surface area contributed by atoms with Gasteiger partial charge in [-0.05, 0) is 21.1 Å². The van der Waals surface area contributed by atoms with E-state index in [9.17, 15) is 0 Å². The Hall–Kier alpha value is 0.284. The van der Waals surface area contributed by atoms with Gasteiger partial charge in [-0.2, -0.15) is 0 Å². The van der Waals surface area contributed by atoms with Crippen molar-refractivity contribution in [3.8, 4) is 0 Å². The van der Waals surface area contributed by atoms with E-state index in [-0.39, 0.29) is 0 Å². The number of rotatable bonds is 3. The summed E-state index contributed by atoms with van der Waals surface area (Å²) in [6, 6.07) is 0. The lowest BCUT2D eigenvalue weighted by Gasteiger charge is -2.37. The van der Waals surface area contributed by atoms with Crippen LogP contribution in [0, 0.1) is 0 Å². The van der Waals surface area contributed by atoms with Crippen molar-refractivity contribution in [1.29, 1.82) is 0 Å². The first-order valence-electron chi connectivity index (χ1n) is 5.71. The first kappa shape index (κ1) is 15.3. The molecule has 0 amide bonds. The van der Waals surface area contributed by atoms with Gasteiger partial charge < -0.3 is 0 Å². The lowest BCUT2D eigenvalue weighted by Crippen LogP contribution is -2.47. The molecular formula is C11H20BrClN2Si2. The van der Waals surface area contributed by atoms with Crippen LogP contribution in [0.3, 0.4) is 0 Å². The van der Waals surface area contributed by atoms with E-state index in [2.05, 4.69) is 65.2 Å². The molecule has 0 aliphatic rings. The number of aromatic nitrogens is 2. The molecule has 0 radical (unpaired) electrons. The molecule has 0 saturated carbocycles. The maximum Gasteiger partial charge on any atom is 0.161 e. The molecule has 0 aliphatic carbocycles. The molecule has 0 aliphatic heterocycles. The molecule has 0 N–H and O–H groups in total. The zero-order chi connectivity index (χ0) is 13.4. The average Bonchev–Trinajstić information content (AvgIpc) is 2.06. The third-order valence-electron chi connectivity index (χ3n) is 2.74. The number of halogens is 2. The zero-order valence-electron chi connectivity index (χ0n) is 11.3. The third-order valence-corrected chi connectivity index (χ3v) is 13.0. The Bertz CT molecular complexity index is 399. The smallest absolute Gasteiger partial charge is 0.161 e. The lowest BCUT2D eigenvalue weighted by molar-refractivity contribution is 1.01. The quantitative estimate of drug-likeness (QED) is 0.736. The van der Waals surface area contributed by atoms with Gasteiger partial charge >= 0.3 is 0 Å². The SMILES string of the molecule is C[Si](C)(C)C(c1cnc(Cl)c(Br)n1)[Si](C)(C)C. The minimum Gasteiger partial charge on any atom is -0.241 e. The van der Waals surface area contributed by atoms with Crippen LogP contribution in [0.1, 0.15) is 10.9 Å². The highest BCUT2D eigenvalue weighted by Crippen LogP contribution is 2.35. The highest BCUT2D eigenvalue weighted by Gasteiger charge is 2.39. The first-order chi connectivity index (χ1) is 7.53. The molecule has 0 aromatic carbocycles. The molecule has 0 saturated heterocycles. The molecule has 17 heavy (non-hydrogen) atoms. The topological polar surface area (TPSA) is 25.8 Å². The van der Waals surface area contributed by atoms with Gasteiger partial charge in [0, 0.05) is 6.20 Å². The van der Waals surface area contributed by atoms with Crippen LogP contribution < -0.4 is 0 Å². The minimum atomic E-state index is -1.31. The van der Waals surface area contributed by atoms with Gasteiger partial charge in [-0.25, -0.2) is 9.97 Å². The summed E-state index contributed by atoms with van der Waals surface area (Å²) in [5, 5.41) is 1.04. The van der Waals surface area contributed by atoms with E-state index in [0.29, 0.717) is 14.9 Å². The Morgan fingerprint density at radius 2 is 1.59 bits per heavy atom. The summed E-state index contributed by atoms with van der Waals surface area (Å²) >= 11 is 9.29. The first-order valence-corrected chi connectivity index (χ1v) is 14.0. The molecular weight excluding hydrogens is 332 g/mol. The van der Waals surface area contributed by atoms with Gasteiger partial charge in [-0.1, -0.05) is 50.9 Å². The Labute approximate surface area is 119 Å². The third kappa shape index (κ3) is 3.87. The van der Waals surface area contributed by atoms with E-state index in [0.717, 1.165) is 5.69 Å². The van der Waals surface area contributed by atoms with Gasteiger partial charge in [0.05, 0.1) is 21.8 Å². The summed E-state index contributed by atoms with van der Waals surface area (Å²) in [4.78, 5) is 8.82. The predicted octanol–water partition coefficient (Wildman–Crippen LogP) is 4.73. The lowest BCUT2D eigenvalue weighted by atomic mass is 10.5. The molecule has 1 aromatic heterocycles. The summed E-state index contributed by atoms with van der Waals surface area (Å²) in [6.07, 6.45) is 1.86. The maximum atomic E-state index is 5.92. The van der Waals surface area contributed by atoms with Gasteiger partial charge in [-0.3, -0.25) is 0 Å². The van der Waals surface area contributed by atoms with Crippen molar-refractivity contribution in [2.75, 3.05) is 0 Å².